The van der Waals surface area contributed by atoms with E-state index in [-0.39, 0.29) is 5.54 Å². The van der Waals surface area contributed by atoms with Crippen molar-refractivity contribution in [2.24, 2.45) is 17.8 Å². The molecular weight excluding hydrogens is 420 g/mol. The normalized spacial score (nSPS) is 28.7. The van der Waals surface area contributed by atoms with E-state index in [2.05, 4.69) is 79.1 Å². The van der Waals surface area contributed by atoms with Gasteiger partial charge in [0.2, 0.25) is 0 Å². The van der Waals surface area contributed by atoms with Crippen molar-refractivity contribution in [3.63, 3.8) is 0 Å². The lowest BCUT2D eigenvalue weighted by Crippen LogP contribution is -3.03. The molecule has 0 saturated heterocycles. The Kier molecular flexibility index (Phi) is 7.02. The van der Waals surface area contributed by atoms with Crippen LogP contribution in [0, 0.1) is 17.8 Å². The maximum absolute atomic E-state index is 10.5. The van der Waals surface area contributed by atoms with E-state index in [1.54, 1.807) is 0 Å². The van der Waals surface area contributed by atoms with Crippen LogP contribution < -0.4 is 15.4 Å². The largest absolute Gasteiger partial charge is 0.491 e. The minimum atomic E-state index is -0.465. The van der Waals surface area contributed by atoms with Crippen molar-refractivity contribution in [1.82, 2.24) is 0 Å². The molecule has 4 nitrogen and oxygen atoms in total. The van der Waals surface area contributed by atoms with E-state index in [4.69, 9.17) is 4.74 Å². The van der Waals surface area contributed by atoms with Crippen LogP contribution in [0.5, 0.6) is 5.75 Å². The van der Waals surface area contributed by atoms with Gasteiger partial charge in [0, 0.05) is 5.56 Å². The molecule has 4 saturated carbocycles. The van der Waals surface area contributed by atoms with Gasteiger partial charge in [-0.3, -0.25) is 0 Å². The average molecular weight is 465 g/mol. The minimum absolute atomic E-state index is 0.115. The van der Waals surface area contributed by atoms with Gasteiger partial charge < -0.3 is 20.5 Å². The lowest BCUT2D eigenvalue weighted by Gasteiger charge is -2.57. The fourth-order valence-corrected chi connectivity index (χ4v) is 7.37. The number of hydrogen-bond donors (Lipinski definition) is 3. The highest BCUT2D eigenvalue weighted by atomic mass is 16.5. The van der Waals surface area contributed by atoms with E-state index >= 15 is 0 Å². The number of benzene rings is 2. The lowest BCUT2D eigenvalue weighted by molar-refractivity contribution is -0.786. The summed E-state index contributed by atoms with van der Waals surface area (Å²) in [7, 11) is 0. The van der Waals surface area contributed by atoms with Crippen molar-refractivity contribution in [1.29, 1.82) is 0 Å². The Hall–Kier alpha value is -1.88. The quantitative estimate of drug-likeness (QED) is 0.479. The number of ether oxygens (including phenoxy) is 1. The van der Waals surface area contributed by atoms with Gasteiger partial charge in [0.25, 0.3) is 0 Å². The zero-order chi connectivity index (χ0) is 23.6. The molecule has 4 bridgehead atoms. The molecule has 6 rings (SSSR count). The van der Waals surface area contributed by atoms with Crippen LogP contribution in [0.25, 0.3) is 0 Å². The molecular formula is C30H44N2O2+2. The van der Waals surface area contributed by atoms with Crippen molar-refractivity contribution in [2.75, 3.05) is 19.7 Å². The maximum atomic E-state index is 10.5. The Labute approximate surface area is 205 Å². The Morgan fingerprint density at radius 1 is 0.941 bits per heavy atom. The van der Waals surface area contributed by atoms with Crippen molar-refractivity contribution in [3.8, 4) is 5.75 Å². The first-order chi connectivity index (χ1) is 16.4. The number of aliphatic hydroxyl groups excluding tert-OH is 1. The van der Waals surface area contributed by atoms with E-state index in [0.717, 1.165) is 36.6 Å². The van der Waals surface area contributed by atoms with Gasteiger partial charge in [-0.2, -0.15) is 0 Å². The molecule has 4 heteroatoms. The van der Waals surface area contributed by atoms with Crippen LogP contribution in [-0.2, 0) is 12.0 Å². The van der Waals surface area contributed by atoms with Crippen molar-refractivity contribution in [2.45, 2.75) is 76.0 Å². The predicted molar refractivity (Wildman–Crippen MR) is 136 cm³/mol. The average Bonchev–Trinajstić information content (AvgIpc) is 2.82. The van der Waals surface area contributed by atoms with Gasteiger partial charge in [-0.15, -0.1) is 0 Å². The maximum Gasteiger partial charge on any atom is 0.140 e. The Bertz CT molecular complexity index is 889. The van der Waals surface area contributed by atoms with Crippen LogP contribution in [-0.4, -0.2) is 36.4 Å². The number of nitrogens with two attached hydrogens (primary N) is 2. The number of aliphatic hydroxyl groups is 1. The standard InChI is InChI=1S/C30H42N2O2/c1-29(2,32-18-22-6-4-3-5-7-22)21-31-19-27(33)20-34-28-10-8-26(9-11-28)30-15-23-12-24(16-30)14-25(13-23)17-30/h3-11,23-25,27,31-33H,12-21H2,1-2H3/p+2/t23?,24?,25?,27-,30?/m0/s1. The Morgan fingerprint density at radius 2 is 1.56 bits per heavy atom. The smallest absolute Gasteiger partial charge is 0.140 e. The zero-order valence-corrected chi connectivity index (χ0v) is 21.1. The van der Waals surface area contributed by atoms with E-state index < -0.39 is 6.10 Å². The summed E-state index contributed by atoms with van der Waals surface area (Å²) in [6, 6.07) is 19.5. The van der Waals surface area contributed by atoms with Crippen molar-refractivity contribution < 1.29 is 20.5 Å². The van der Waals surface area contributed by atoms with E-state index in [9.17, 15) is 5.11 Å². The van der Waals surface area contributed by atoms with Crippen LogP contribution in [0.2, 0.25) is 0 Å². The fourth-order valence-electron chi connectivity index (χ4n) is 7.37. The highest BCUT2D eigenvalue weighted by Crippen LogP contribution is 2.60. The Balaban J connectivity index is 1.04. The second-order valence-corrected chi connectivity index (χ2v) is 12.3. The molecule has 4 aliphatic rings. The Morgan fingerprint density at radius 3 is 2.18 bits per heavy atom. The van der Waals surface area contributed by atoms with Gasteiger partial charge in [0.15, 0.2) is 0 Å². The summed E-state index contributed by atoms with van der Waals surface area (Å²) in [5.41, 5.74) is 3.43. The molecule has 34 heavy (non-hydrogen) atoms. The summed E-state index contributed by atoms with van der Waals surface area (Å²) >= 11 is 0. The topological polar surface area (TPSA) is 62.7 Å². The van der Waals surface area contributed by atoms with Gasteiger partial charge in [-0.25, -0.2) is 0 Å². The highest BCUT2D eigenvalue weighted by Gasteiger charge is 2.51. The first-order valence-corrected chi connectivity index (χ1v) is 13.5. The molecule has 4 aliphatic carbocycles. The fraction of sp³-hybridized carbons (Fsp3) is 0.600. The SMILES string of the molecule is CC(C)(C[NH2+]C[C@H](O)COc1ccc(C23CC4CC(CC(C4)C2)C3)cc1)[NH2+]Cc1ccccc1. The summed E-state index contributed by atoms with van der Waals surface area (Å²) in [6.45, 7) is 7.47. The third kappa shape index (κ3) is 5.67. The molecule has 0 unspecified atom stereocenters. The van der Waals surface area contributed by atoms with Crippen LogP contribution >= 0.6 is 0 Å². The molecule has 0 amide bonds. The molecule has 2 aromatic rings. The molecule has 1 atom stereocenters. The first-order valence-electron chi connectivity index (χ1n) is 13.5. The van der Waals surface area contributed by atoms with Crippen molar-refractivity contribution in [3.05, 3.63) is 65.7 Å². The minimum Gasteiger partial charge on any atom is -0.491 e. The molecule has 0 heterocycles. The van der Waals surface area contributed by atoms with Gasteiger partial charge in [-0.05, 0) is 93.2 Å². The molecule has 0 radical (unpaired) electrons. The van der Waals surface area contributed by atoms with E-state index in [0.29, 0.717) is 18.6 Å². The molecule has 0 aliphatic heterocycles. The van der Waals surface area contributed by atoms with Gasteiger partial charge >= 0.3 is 0 Å². The second kappa shape index (κ2) is 10.0. The van der Waals surface area contributed by atoms with Gasteiger partial charge in [0.1, 0.15) is 43.6 Å². The lowest BCUT2D eigenvalue weighted by atomic mass is 9.48. The number of hydrogen-bond acceptors (Lipinski definition) is 2. The predicted octanol–water partition coefficient (Wildman–Crippen LogP) is 3.00. The zero-order valence-electron chi connectivity index (χ0n) is 21.1. The van der Waals surface area contributed by atoms with E-state index in [1.807, 2.05) is 0 Å². The second-order valence-electron chi connectivity index (χ2n) is 12.3. The van der Waals surface area contributed by atoms with Crippen LogP contribution in [0.3, 0.4) is 0 Å². The van der Waals surface area contributed by atoms with Gasteiger partial charge in [0.05, 0.1) is 0 Å². The molecule has 0 aromatic heterocycles. The van der Waals surface area contributed by atoms with E-state index in [1.165, 1.54) is 49.7 Å². The third-order valence-corrected chi connectivity index (χ3v) is 8.79. The summed E-state index contributed by atoms with van der Waals surface area (Å²) in [6.07, 6.45) is 8.17. The van der Waals surface area contributed by atoms with Crippen molar-refractivity contribution >= 4 is 0 Å². The molecule has 0 spiro atoms. The summed E-state index contributed by atoms with van der Waals surface area (Å²) < 4.78 is 5.95. The highest BCUT2D eigenvalue weighted by molar-refractivity contribution is 5.34. The van der Waals surface area contributed by atoms with Crippen LogP contribution in [0.15, 0.2) is 54.6 Å². The molecule has 4 fully saturated rings. The molecule has 184 valence electrons. The molecule has 2 aromatic carbocycles. The van der Waals surface area contributed by atoms with Gasteiger partial charge in [-0.1, -0.05) is 42.5 Å². The summed E-state index contributed by atoms with van der Waals surface area (Å²) in [4.78, 5) is 0. The summed E-state index contributed by atoms with van der Waals surface area (Å²) in [5.74, 6) is 3.78. The first kappa shape index (κ1) is 23.8. The molecule has 5 N–H and O–H groups in total. The van der Waals surface area contributed by atoms with Crippen LogP contribution in [0.4, 0.5) is 0 Å². The van der Waals surface area contributed by atoms with Crippen LogP contribution in [0.1, 0.15) is 63.5 Å². The number of quaternary nitrogens is 2. The summed E-state index contributed by atoms with van der Waals surface area (Å²) in [5, 5.41) is 15.1. The third-order valence-electron chi connectivity index (χ3n) is 8.79. The monoisotopic (exact) mass is 464 g/mol. The number of rotatable bonds is 11.